The molecule has 9 nitrogen and oxygen atoms in total. The number of imidazole rings is 1. The van der Waals surface area contributed by atoms with E-state index in [0.717, 1.165) is 12.8 Å². The van der Waals surface area contributed by atoms with E-state index in [4.69, 9.17) is 9.26 Å². The highest BCUT2D eigenvalue weighted by Crippen LogP contribution is 2.37. The lowest BCUT2D eigenvalue weighted by Gasteiger charge is -2.33. The molecule has 0 radical (unpaired) electrons. The number of nitrogens with zero attached hydrogens (tertiary/aromatic N) is 6. The molecule has 1 aliphatic carbocycles. The van der Waals surface area contributed by atoms with Crippen molar-refractivity contribution in [2.24, 2.45) is 7.05 Å². The Labute approximate surface area is 163 Å². The van der Waals surface area contributed by atoms with Gasteiger partial charge in [-0.25, -0.2) is 14.4 Å². The van der Waals surface area contributed by atoms with Gasteiger partial charge < -0.3 is 13.8 Å². The fourth-order valence-electron chi connectivity index (χ4n) is 3.41. The van der Waals surface area contributed by atoms with Crippen LogP contribution in [0, 0.1) is 5.82 Å². The Bertz CT molecular complexity index is 1220. The van der Waals surface area contributed by atoms with Gasteiger partial charge in [-0.15, -0.1) is 0 Å². The molecule has 0 spiro atoms. The number of benzene rings is 1. The fourth-order valence-corrected chi connectivity index (χ4v) is 3.41. The SMILES string of the molecule is Cn1cnc2ncn(Cc3nc(C4CC(Oc5ccc(F)cc5)C4)no3)c(=O)c21. The number of ether oxygens (including phenoxy) is 1. The summed E-state index contributed by atoms with van der Waals surface area (Å²) >= 11 is 0. The fraction of sp³-hybridized carbons (Fsp3) is 0.316. The summed E-state index contributed by atoms with van der Waals surface area (Å²) in [6, 6.07) is 5.97. The molecule has 0 amide bonds. The van der Waals surface area contributed by atoms with Crippen molar-refractivity contribution < 1.29 is 13.7 Å². The lowest BCUT2D eigenvalue weighted by molar-refractivity contribution is 0.0942. The summed E-state index contributed by atoms with van der Waals surface area (Å²) in [6.45, 7) is 0.141. The third-order valence-corrected chi connectivity index (χ3v) is 5.07. The van der Waals surface area contributed by atoms with Crippen LogP contribution in [0.2, 0.25) is 0 Å². The Morgan fingerprint density at radius 1 is 1.21 bits per heavy atom. The normalized spacial score (nSPS) is 18.7. The third kappa shape index (κ3) is 3.26. The molecule has 148 valence electrons. The molecule has 0 N–H and O–H groups in total. The maximum absolute atomic E-state index is 13.0. The summed E-state index contributed by atoms with van der Waals surface area (Å²) < 4.78 is 27.1. The Morgan fingerprint density at radius 3 is 2.76 bits per heavy atom. The van der Waals surface area contributed by atoms with E-state index in [0.29, 0.717) is 28.6 Å². The molecule has 0 saturated heterocycles. The Kier molecular flexibility index (Phi) is 4.11. The number of fused-ring (bicyclic) bond motifs is 1. The summed E-state index contributed by atoms with van der Waals surface area (Å²) in [5, 5.41) is 4.04. The molecule has 0 aliphatic heterocycles. The smallest absolute Gasteiger partial charge is 0.280 e. The van der Waals surface area contributed by atoms with Crippen LogP contribution in [0.25, 0.3) is 11.2 Å². The first-order chi connectivity index (χ1) is 14.1. The Morgan fingerprint density at radius 2 is 1.97 bits per heavy atom. The van der Waals surface area contributed by atoms with Crippen molar-refractivity contribution in [3.8, 4) is 5.75 Å². The van der Waals surface area contributed by atoms with Gasteiger partial charge in [-0.2, -0.15) is 4.98 Å². The van der Waals surface area contributed by atoms with E-state index >= 15 is 0 Å². The van der Waals surface area contributed by atoms with Gasteiger partial charge in [-0.1, -0.05) is 5.16 Å². The maximum Gasteiger partial charge on any atom is 0.280 e. The zero-order chi connectivity index (χ0) is 20.0. The third-order valence-electron chi connectivity index (χ3n) is 5.07. The van der Waals surface area contributed by atoms with E-state index in [9.17, 15) is 9.18 Å². The first-order valence-electron chi connectivity index (χ1n) is 9.18. The second kappa shape index (κ2) is 6.80. The van der Waals surface area contributed by atoms with Gasteiger partial charge in [0.05, 0.1) is 6.33 Å². The van der Waals surface area contributed by atoms with Crippen LogP contribution >= 0.6 is 0 Å². The number of hydrogen-bond donors (Lipinski definition) is 0. The van der Waals surface area contributed by atoms with Gasteiger partial charge in [-0.05, 0) is 37.1 Å². The molecule has 0 bridgehead atoms. The van der Waals surface area contributed by atoms with Crippen molar-refractivity contribution in [2.45, 2.75) is 31.4 Å². The van der Waals surface area contributed by atoms with Crippen LogP contribution in [0.4, 0.5) is 4.39 Å². The minimum Gasteiger partial charge on any atom is -0.490 e. The van der Waals surface area contributed by atoms with Crippen molar-refractivity contribution >= 4 is 11.2 Å². The molecule has 1 fully saturated rings. The van der Waals surface area contributed by atoms with Crippen LogP contribution in [0.3, 0.4) is 0 Å². The summed E-state index contributed by atoms with van der Waals surface area (Å²) in [5.74, 6) is 1.42. The highest BCUT2D eigenvalue weighted by molar-refractivity contribution is 5.68. The van der Waals surface area contributed by atoms with Crippen molar-refractivity contribution in [1.82, 2.24) is 29.2 Å². The van der Waals surface area contributed by atoms with Crippen LogP contribution in [0.15, 0.2) is 46.2 Å². The summed E-state index contributed by atoms with van der Waals surface area (Å²) in [7, 11) is 1.74. The highest BCUT2D eigenvalue weighted by Gasteiger charge is 2.35. The highest BCUT2D eigenvalue weighted by atomic mass is 19.1. The van der Waals surface area contributed by atoms with E-state index in [-0.39, 0.29) is 29.9 Å². The quantitative estimate of drug-likeness (QED) is 0.509. The van der Waals surface area contributed by atoms with Gasteiger partial charge in [0.25, 0.3) is 5.56 Å². The summed E-state index contributed by atoms with van der Waals surface area (Å²) in [4.78, 5) is 25.3. The predicted molar refractivity (Wildman–Crippen MR) is 99.0 cm³/mol. The Hall–Kier alpha value is -3.56. The van der Waals surface area contributed by atoms with Crippen LogP contribution in [-0.4, -0.2) is 35.3 Å². The number of aryl methyl sites for hydroxylation is 1. The number of halogens is 1. The van der Waals surface area contributed by atoms with Crippen LogP contribution < -0.4 is 10.3 Å². The molecule has 1 aromatic carbocycles. The second-order valence-corrected chi connectivity index (χ2v) is 7.11. The van der Waals surface area contributed by atoms with E-state index in [1.807, 2.05) is 0 Å². The van der Waals surface area contributed by atoms with E-state index in [2.05, 4.69) is 20.1 Å². The predicted octanol–water partition coefficient (Wildman–Crippen LogP) is 2.03. The van der Waals surface area contributed by atoms with Crippen molar-refractivity contribution in [2.75, 3.05) is 0 Å². The minimum absolute atomic E-state index is 0.0338. The molecule has 1 saturated carbocycles. The first-order valence-corrected chi connectivity index (χ1v) is 9.18. The van der Waals surface area contributed by atoms with Gasteiger partial charge in [0.2, 0.25) is 5.89 Å². The van der Waals surface area contributed by atoms with E-state index in [1.165, 1.54) is 23.0 Å². The second-order valence-electron chi connectivity index (χ2n) is 7.11. The zero-order valence-corrected chi connectivity index (χ0v) is 15.5. The molecule has 0 atom stereocenters. The minimum atomic E-state index is -0.292. The van der Waals surface area contributed by atoms with Crippen LogP contribution in [-0.2, 0) is 13.6 Å². The van der Waals surface area contributed by atoms with Crippen molar-refractivity contribution in [3.05, 3.63) is 64.8 Å². The van der Waals surface area contributed by atoms with Crippen LogP contribution in [0.1, 0.15) is 30.5 Å². The largest absolute Gasteiger partial charge is 0.490 e. The molecular formula is C19H17FN6O3. The van der Waals surface area contributed by atoms with Gasteiger partial charge in [-0.3, -0.25) is 9.36 Å². The lowest BCUT2D eigenvalue weighted by Crippen LogP contribution is -2.32. The number of hydrogen-bond acceptors (Lipinski definition) is 7. The lowest BCUT2D eigenvalue weighted by atomic mass is 9.82. The zero-order valence-electron chi connectivity index (χ0n) is 15.5. The Balaban J connectivity index is 1.24. The average Bonchev–Trinajstić information content (AvgIpc) is 3.29. The summed E-state index contributed by atoms with van der Waals surface area (Å²) in [5.41, 5.74) is 0.611. The molecule has 1 aliphatic rings. The van der Waals surface area contributed by atoms with Crippen molar-refractivity contribution in [1.29, 1.82) is 0 Å². The van der Waals surface area contributed by atoms with Gasteiger partial charge in [0, 0.05) is 13.0 Å². The molecule has 0 unspecified atom stereocenters. The topological polar surface area (TPSA) is 101 Å². The van der Waals surface area contributed by atoms with Crippen LogP contribution in [0.5, 0.6) is 5.75 Å². The molecule has 10 heteroatoms. The average molecular weight is 396 g/mol. The molecule has 3 heterocycles. The molecular weight excluding hydrogens is 379 g/mol. The summed E-state index contributed by atoms with van der Waals surface area (Å²) in [6.07, 6.45) is 4.51. The number of aromatic nitrogens is 6. The van der Waals surface area contributed by atoms with Gasteiger partial charge in [0.15, 0.2) is 17.0 Å². The van der Waals surface area contributed by atoms with E-state index in [1.54, 1.807) is 30.1 Å². The first kappa shape index (κ1) is 17.5. The van der Waals surface area contributed by atoms with Gasteiger partial charge in [0.1, 0.15) is 30.5 Å². The molecule has 3 aromatic heterocycles. The van der Waals surface area contributed by atoms with Crippen molar-refractivity contribution in [3.63, 3.8) is 0 Å². The monoisotopic (exact) mass is 396 g/mol. The molecule has 4 aromatic rings. The molecule has 29 heavy (non-hydrogen) atoms. The van der Waals surface area contributed by atoms with E-state index < -0.39 is 0 Å². The maximum atomic E-state index is 13.0. The number of rotatable bonds is 5. The van der Waals surface area contributed by atoms with Gasteiger partial charge >= 0.3 is 0 Å². The standard InChI is InChI=1S/C19H17FN6O3/c1-25-9-21-18-16(25)19(27)26(10-22-18)8-15-23-17(24-29-15)11-6-14(7-11)28-13-4-2-12(20)3-5-13/h2-5,9-11,14H,6-8H2,1H3. The molecule has 5 rings (SSSR count).